The number of amides is 1. The number of rotatable bonds is 14. The summed E-state index contributed by atoms with van der Waals surface area (Å²) in [6.07, 6.45) is 2.89. The van der Waals surface area contributed by atoms with E-state index in [1.54, 1.807) is 6.92 Å². The van der Waals surface area contributed by atoms with Gasteiger partial charge in [0.15, 0.2) is 17.3 Å². The topological polar surface area (TPSA) is 117 Å². The van der Waals surface area contributed by atoms with Gasteiger partial charge in [0.05, 0.1) is 6.61 Å². The van der Waals surface area contributed by atoms with Crippen LogP contribution in [0.5, 0.6) is 0 Å². The third-order valence-electron chi connectivity index (χ3n) is 9.79. The molecule has 0 fully saturated rings. The van der Waals surface area contributed by atoms with Crippen molar-refractivity contribution in [1.82, 2.24) is 29.8 Å². The van der Waals surface area contributed by atoms with Crippen LogP contribution in [0.4, 0.5) is 5.82 Å². The zero-order valence-electron chi connectivity index (χ0n) is 32.6. The molecule has 0 unspecified atom stereocenters. The molecule has 1 amide bonds. The highest BCUT2D eigenvalue weighted by Gasteiger charge is 2.42. The second-order valence-corrected chi connectivity index (χ2v) is 14.0. The Hall–Kier alpha value is -6.94. The minimum atomic E-state index is -0.902. The Kier molecular flexibility index (Phi) is 11.6. The highest BCUT2D eigenvalue weighted by molar-refractivity contribution is 6.03. The summed E-state index contributed by atoms with van der Waals surface area (Å²) >= 11 is 0. The molecule has 0 aliphatic carbocycles. The summed E-state index contributed by atoms with van der Waals surface area (Å²) in [5.74, 6) is 0.598. The van der Waals surface area contributed by atoms with E-state index in [1.807, 2.05) is 102 Å². The maximum atomic E-state index is 13.4. The molecule has 0 aliphatic heterocycles. The second-order valence-electron chi connectivity index (χ2n) is 14.0. The molecule has 7 aromatic rings. The SMILES string of the molecule is CCCc1nc(NC(=O)C=C(C)C)c(C(=O)OCC)n1Cc1ccc(-c2ccccc2-c2nnnn2C(c2ccccc2)(c2ccccc2)c2ccccc2)cc1. The summed E-state index contributed by atoms with van der Waals surface area (Å²) in [5, 5.41) is 16.6. The van der Waals surface area contributed by atoms with Gasteiger partial charge in [-0.1, -0.05) is 152 Å². The van der Waals surface area contributed by atoms with Crippen molar-refractivity contribution in [2.24, 2.45) is 0 Å². The molecule has 10 nitrogen and oxygen atoms in total. The van der Waals surface area contributed by atoms with Crippen molar-refractivity contribution in [2.75, 3.05) is 11.9 Å². The van der Waals surface area contributed by atoms with Crippen LogP contribution in [0.2, 0.25) is 0 Å². The lowest BCUT2D eigenvalue weighted by atomic mass is 9.77. The van der Waals surface area contributed by atoms with E-state index in [0.29, 0.717) is 24.6 Å². The molecule has 57 heavy (non-hydrogen) atoms. The predicted octanol–water partition coefficient (Wildman–Crippen LogP) is 9.13. The molecule has 7 rings (SSSR count). The summed E-state index contributed by atoms with van der Waals surface area (Å²) in [6.45, 7) is 8.02. The molecule has 2 heterocycles. The molecule has 5 aromatic carbocycles. The van der Waals surface area contributed by atoms with Crippen molar-refractivity contribution in [3.63, 3.8) is 0 Å². The summed E-state index contributed by atoms with van der Waals surface area (Å²) in [5.41, 5.74) is 6.92. The van der Waals surface area contributed by atoms with Gasteiger partial charge in [-0.25, -0.2) is 14.5 Å². The number of nitrogens with one attached hydrogen (secondary N) is 1. The molecule has 0 spiro atoms. The molecule has 1 N–H and O–H groups in total. The van der Waals surface area contributed by atoms with Gasteiger partial charge in [-0.2, -0.15) is 0 Å². The van der Waals surface area contributed by atoms with E-state index in [-0.39, 0.29) is 24.0 Å². The Morgan fingerprint density at radius 2 is 1.30 bits per heavy atom. The van der Waals surface area contributed by atoms with E-state index in [2.05, 4.69) is 78.1 Å². The van der Waals surface area contributed by atoms with Crippen LogP contribution in [-0.4, -0.2) is 48.2 Å². The van der Waals surface area contributed by atoms with Crippen LogP contribution in [0.3, 0.4) is 0 Å². The predicted molar refractivity (Wildman–Crippen MR) is 223 cm³/mol. The second kappa shape index (κ2) is 17.2. The third-order valence-corrected chi connectivity index (χ3v) is 9.79. The molecule has 0 radical (unpaired) electrons. The summed E-state index contributed by atoms with van der Waals surface area (Å²) in [6, 6.07) is 47.4. The number of ether oxygens (including phenoxy) is 1. The van der Waals surface area contributed by atoms with Gasteiger partial charge in [0.1, 0.15) is 11.4 Å². The fourth-order valence-electron chi connectivity index (χ4n) is 7.38. The van der Waals surface area contributed by atoms with Crippen LogP contribution in [0.25, 0.3) is 22.5 Å². The van der Waals surface area contributed by atoms with Crippen LogP contribution in [-0.2, 0) is 28.0 Å². The molecule has 0 saturated carbocycles. The van der Waals surface area contributed by atoms with Gasteiger partial charge < -0.3 is 14.6 Å². The van der Waals surface area contributed by atoms with Gasteiger partial charge >= 0.3 is 5.97 Å². The number of carbonyl (C=O) groups excluding carboxylic acids is 2. The number of nitrogens with zero attached hydrogens (tertiary/aromatic N) is 6. The van der Waals surface area contributed by atoms with Gasteiger partial charge in [-0.15, -0.1) is 5.10 Å². The van der Waals surface area contributed by atoms with E-state index >= 15 is 0 Å². The average molecular weight is 756 g/mol. The molecule has 10 heteroatoms. The van der Waals surface area contributed by atoms with E-state index in [0.717, 1.165) is 50.9 Å². The number of benzene rings is 5. The third kappa shape index (κ3) is 7.80. The average Bonchev–Trinajstić information content (AvgIpc) is 3.85. The summed E-state index contributed by atoms with van der Waals surface area (Å²) in [7, 11) is 0. The molecule has 0 saturated heterocycles. The van der Waals surface area contributed by atoms with Crippen molar-refractivity contribution >= 4 is 17.7 Å². The smallest absolute Gasteiger partial charge is 0.358 e. The van der Waals surface area contributed by atoms with Gasteiger partial charge in [0.2, 0.25) is 5.91 Å². The lowest BCUT2D eigenvalue weighted by Crippen LogP contribution is -2.39. The van der Waals surface area contributed by atoms with Crippen molar-refractivity contribution in [3.8, 4) is 22.5 Å². The lowest BCUT2D eigenvalue weighted by molar-refractivity contribution is -0.112. The number of anilines is 1. The molecular weight excluding hydrogens is 711 g/mol. The summed E-state index contributed by atoms with van der Waals surface area (Å²) in [4.78, 5) is 30.9. The molecule has 286 valence electrons. The molecule has 2 aromatic heterocycles. The van der Waals surface area contributed by atoms with E-state index in [4.69, 9.17) is 20.0 Å². The number of hydrogen-bond acceptors (Lipinski definition) is 7. The number of esters is 1. The fourth-order valence-corrected chi connectivity index (χ4v) is 7.38. The maximum Gasteiger partial charge on any atom is 0.358 e. The first kappa shape index (κ1) is 38.3. The van der Waals surface area contributed by atoms with Gasteiger partial charge in [-0.05, 0) is 71.0 Å². The molecule has 0 atom stereocenters. The Morgan fingerprint density at radius 3 is 1.84 bits per heavy atom. The Morgan fingerprint density at radius 1 is 0.737 bits per heavy atom. The first-order valence-electron chi connectivity index (χ1n) is 19.2. The summed E-state index contributed by atoms with van der Waals surface area (Å²) < 4.78 is 9.26. The van der Waals surface area contributed by atoms with Crippen LogP contribution >= 0.6 is 0 Å². The largest absolute Gasteiger partial charge is 0.461 e. The van der Waals surface area contributed by atoms with E-state index < -0.39 is 11.5 Å². The normalized spacial score (nSPS) is 11.2. The number of carbonyl (C=O) groups is 2. The number of tetrazole rings is 1. The Labute approximate surface area is 332 Å². The standard InChI is InChI=1S/C47H45N7O3/c1-5-18-41-48-44(49-42(55)31-33(3)4)43(46(56)57-6-2)53(41)32-34-27-29-35(30-28-34)39-25-16-17-26-40(39)45-50-51-52-54(45)47(36-19-10-7-11-20-36,37-21-12-8-13-22-37)38-23-14-9-15-24-38/h7-17,19-31H,5-6,18,32H2,1-4H3,(H,49,55). The zero-order valence-corrected chi connectivity index (χ0v) is 32.6. The molecular formula is C47H45N7O3. The van der Waals surface area contributed by atoms with Crippen molar-refractivity contribution in [2.45, 2.75) is 52.6 Å². The number of aryl methyl sites for hydroxylation is 1. The number of aromatic nitrogens is 6. The van der Waals surface area contributed by atoms with Crippen LogP contribution < -0.4 is 5.32 Å². The van der Waals surface area contributed by atoms with E-state index in [9.17, 15) is 9.59 Å². The van der Waals surface area contributed by atoms with Crippen molar-refractivity contribution in [3.05, 3.63) is 185 Å². The van der Waals surface area contributed by atoms with Crippen LogP contribution in [0.1, 0.15) is 72.7 Å². The van der Waals surface area contributed by atoms with Crippen LogP contribution in [0.15, 0.2) is 151 Å². The van der Waals surface area contributed by atoms with E-state index in [1.165, 1.54) is 6.08 Å². The van der Waals surface area contributed by atoms with Gasteiger partial charge in [0, 0.05) is 24.6 Å². The molecule has 0 bridgehead atoms. The number of allylic oxidation sites excluding steroid dienone is 1. The quantitative estimate of drug-likeness (QED) is 0.0669. The van der Waals surface area contributed by atoms with Crippen LogP contribution in [0, 0.1) is 0 Å². The minimum Gasteiger partial charge on any atom is -0.461 e. The fraction of sp³-hybridized carbons (Fsp3) is 0.191. The maximum absolute atomic E-state index is 13.4. The van der Waals surface area contributed by atoms with Crippen molar-refractivity contribution in [1.29, 1.82) is 0 Å². The first-order chi connectivity index (χ1) is 27.8. The highest BCUT2D eigenvalue weighted by Crippen LogP contribution is 2.43. The molecule has 0 aliphatic rings. The Balaban J connectivity index is 1.31. The monoisotopic (exact) mass is 755 g/mol. The Bertz CT molecular complexity index is 2390. The number of hydrogen-bond donors (Lipinski definition) is 1. The lowest BCUT2D eigenvalue weighted by Gasteiger charge is -2.36. The highest BCUT2D eigenvalue weighted by atomic mass is 16.5. The number of imidazole rings is 1. The van der Waals surface area contributed by atoms with Gasteiger partial charge in [-0.3, -0.25) is 4.79 Å². The zero-order chi connectivity index (χ0) is 39.8. The minimum absolute atomic E-state index is 0.190. The first-order valence-corrected chi connectivity index (χ1v) is 19.2. The van der Waals surface area contributed by atoms with Crippen molar-refractivity contribution < 1.29 is 14.3 Å². The van der Waals surface area contributed by atoms with Gasteiger partial charge in [0.25, 0.3) is 0 Å².